The molecule has 154 valence electrons. The van der Waals surface area contributed by atoms with Crippen molar-refractivity contribution in [3.05, 3.63) is 83.9 Å². The number of carbonyl (C=O) groups is 2. The van der Waals surface area contributed by atoms with Gasteiger partial charge in [-0.2, -0.15) is 0 Å². The van der Waals surface area contributed by atoms with Crippen LogP contribution in [0.5, 0.6) is 11.5 Å². The average Bonchev–Trinajstić information content (AvgIpc) is 2.76. The Balaban J connectivity index is 1.75. The average molecular weight is 404 g/mol. The van der Waals surface area contributed by atoms with Crippen LogP contribution in [-0.4, -0.2) is 25.0 Å². The molecule has 0 aliphatic carbocycles. The van der Waals surface area contributed by atoms with E-state index in [1.807, 2.05) is 32.0 Å². The summed E-state index contributed by atoms with van der Waals surface area (Å²) in [5.74, 6) is 0.510. The van der Waals surface area contributed by atoms with Crippen LogP contribution in [0.3, 0.4) is 0 Å². The second kappa shape index (κ2) is 10.1. The van der Waals surface area contributed by atoms with E-state index in [-0.39, 0.29) is 11.8 Å². The Morgan fingerprint density at radius 1 is 0.733 bits per heavy atom. The molecular formula is C24H24N2O4. The second-order valence-corrected chi connectivity index (χ2v) is 6.35. The Morgan fingerprint density at radius 2 is 1.40 bits per heavy atom. The number of amides is 2. The first kappa shape index (κ1) is 20.9. The first-order valence-electron chi connectivity index (χ1n) is 9.78. The summed E-state index contributed by atoms with van der Waals surface area (Å²) < 4.78 is 11.1. The van der Waals surface area contributed by atoms with Gasteiger partial charge in [-0.1, -0.05) is 30.3 Å². The number of rotatable bonds is 8. The van der Waals surface area contributed by atoms with Crippen molar-refractivity contribution < 1.29 is 19.1 Å². The Bertz CT molecular complexity index is 1030. The molecule has 2 N–H and O–H groups in total. The lowest BCUT2D eigenvalue weighted by Crippen LogP contribution is -2.16. The van der Waals surface area contributed by atoms with Gasteiger partial charge >= 0.3 is 0 Å². The van der Waals surface area contributed by atoms with Crippen LogP contribution in [0, 0.1) is 0 Å². The fourth-order valence-electron chi connectivity index (χ4n) is 2.92. The molecule has 0 fully saturated rings. The van der Waals surface area contributed by atoms with Crippen molar-refractivity contribution in [1.29, 1.82) is 0 Å². The zero-order valence-corrected chi connectivity index (χ0v) is 17.0. The molecule has 30 heavy (non-hydrogen) atoms. The van der Waals surface area contributed by atoms with E-state index < -0.39 is 0 Å². The summed E-state index contributed by atoms with van der Waals surface area (Å²) >= 11 is 0. The standard InChI is InChI=1S/C24H24N2O4/c1-3-29-21-14-7-5-12-19(21)24(28)25-18-11-9-10-17(16-18)23(27)26-20-13-6-8-15-22(20)30-4-2/h5-16H,3-4H2,1-2H3,(H,25,28)(H,26,27). The number of para-hydroxylation sites is 3. The molecule has 3 aromatic carbocycles. The maximum atomic E-state index is 12.7. The van der Waals surface area contributed by atoms with Gasteiger partial charge in [0, 0.05) is 11.3 Å². The highest BCUT2D eigenvalue weighted by molar-refractivity contribution is 6.08. The van der Waals surface area contributed by atoms with Crippen LogP contribution in [0.1, 0.15) is 34.6 Å². The van der Waals surface area contributed by atoms with Crippen molar-refractivity contribution in [2.45, 2.75) is 13.8 Å². The molecule has 0 bridgehead atoms. The van der Waals surface area contributed by atoms with E-state index in [4.69, 9.17) is 9.47 Å². The molecule has 0 aliphatic rings. The number of hydrogen-bond acceptors (Lipinski definition) is 4. The monoisotopic (exact) mass is 404 g/mol. The van der Waals surface area contributed by atoms with Gasteiger partial charge in [0.1, 0.15) is 11.5 Å². The molecule has 0 radical (unpaired) electrons. The predicted molar refractivity (Wildman–Crippen MR) is 118 cm³/mol. The summed E-state index contributed by atoms with van der Waals surface area (Å²) in [4.78, 5) is 25.4. The number of ether oxygens (including phenoxy) is 2. The lowest BCUT2D eigenvalue weighted by molar-refractivity contribution is 0.101. The molecule has 6 heteroatoms. The van der Waals surface area contributed by atoms with Crippen LogP contribution in [0.2, 0.25) is 0 Å². The second-order valence-electron chi connectivity index (χ2n) is 6.35. The van der Waals surface area contributed by atoms with Gasteiger partial charge in [0.2, 0.25) is 0 Å². The van der Waals surface area contributed by atoms with Crippen molar-refractivity contribution in [3.63, 3.8) is 0 Å². The van der Waals surface area contributed by atoms with E-state index in [9.17, 15) is 9.59 Å². The lowest BCUT2D eigenvalue weighted by Gasteiger charge is -2.13. The van der Waals surface area contributed by atoms with Crippen LogP contribution in [-0.2, 0) is 0 Å². The number of anilines is 2. The first-order chi connectivity index (χ1) is 14.6. The molecule has 0 saturated heterocycles. The van der Waals surface area contributed by atoms with Crippen molar-refractivity contribution >= 4 is 23.2 Å². The minimum atomic E-state index is -0.307. The summed E-state index contributed by atoms with van der Waals surface area (Å²) in [6.45, 7) is 4.70. The smallest absolute Gasteiger partial charge is 0.259 e. The van der Waals surface area contributed by atoms with E-state index >= 15 is 0 Å². The minimum Gasteiger partial charge on any atom is -0.493 e. The Hall–Kier alpha value is -3.80. The maximum Gasteiger partial charge on any atom is 0.259 e. The quantitative estimate of drug-likeness (QED) is 0.555. The van der Waals surface area contributed by atoms with Gasteiger partial charge in [-0.25, -0.2) is 0 Å². The first-order valence-corrected chi connectivity index (χ1v) is 9.78. The largest absolute Gasteiger partial charge is 0.493 e. The molecule has 2 amide bonds. The summed E-state index contributed by atoms with van der Waals surface area (Å²) in [6, 6.07) is 21.0. The molecule has 0 saturated carbocycles. The van der Waals surface area contributed by atoms with Gasteiger partial charge in [-0.05, 0) is 56.3 Å². The van der Waals surface area contributed by atoms with Gasteiger partial charge in [-0.3, -0.25) is 9.59 Å². The van der Waals surface area contributed by atoms with Crippen LogP contribution in [0.15, 0.2) is 72.8 Å². The van der Waals surface area contributed by atoms with Crippen LogP contribution >= 0.6 is 0 Å². The number of hydrogen-bond donors (Lipinski definition) is 2. The van der Waals surface area contributed by atoms with Crippen LogP contribution in [0.25, 0.3) is 0 Å². The fourth-order valence-corrected chi connectivity index (χ4v) is 2.92. The summed E-state index contributed by atoms with van der Waals surface area (Å²) in [6.07, 6.45) is 0. The molecule has 0 aromatic heterocycles. The number of benzene rings is 3. The van der Waals surface area contributed by atoms with Gasteiger partial charge < -0.3 is 20.1 Å². The van der Waals surface area contributed by atoms with Gasteiger partial charge in [-0.15, -0.1) is 0 Å². The third-order valence-corrected chi connectivity index (χ3v) is 4.25. The zero-order chi connectivity index (χ0) is 21.3. The fraction of sp³-hybridized carbons (Fsp3) is 0.167. The molecule has 0 heterocycles. The topological polar surface area (TPSA) is 76.7 Å². The van der Waals surface area contributed by atoms with E-state index in [2.05, 4.69) is 10.6 Å². The summed E-state index contributed by atoms with van der Waals surface area (Å²) in [5.41, 5.74) is 1.94. The summed E-state index contributed by atoms with van der Waals surface area (Å²) in [5, 5.41) is 5.68. The lowest BCUT2D eigenvalue weighted by atomic mass is 10.1. The van der Waals surface area contributed by atoms with Crippen molar-refractivity contribution in [2.24, 2.45) is 0 Å². The molecule has 0 spiro atoms. The van der Waals surface area contributed by atoms with Crippen molar-refractivity contribution in [3.8, 4) is 11.5 Å². The van der Waals surface area contributed by atoms with Gasteiger partial charge in [0.15, 0.2) is 0 Å². The molecule has 3 aromatic rings. The van der Waals surface area contributed by atoms with Crippen molar-refractivity contribution in [1.82, 2.24) is 0 Å². The number of nitrogens with one attached hydrogen (secondary N) is 2. The SMILES string of the molecule is CCOc1ccccc1NC(=O)c1cccc(NC(=O)c2ccccc2OCC)c1. The van der Waals surface area contributed by atoms with E-state index in [0.29, 0.717) is 47.2 Å². The molecule has 0 unspecified atom stereocenters. The minimum absolute atomic E-state index is 0.298. The molecule has 0 atom stereocenters. The van der Waals surface area contributed by atoms with E-state index in [1.54, 1.807) is 54.6 Å². The number of carbonyl (C=O) groups excluding carboxylic acids is 2. The third-order valence-electron chi connectivity index (χ3n) is 4.25. The normalized spacial score (nSPS) is 10.2. The van der Waals surface area contributed by atoms with Crippen LogP contribution in [0.4, 0.5) is 11.4 Å². The molecule has 6 nitrogen and oxygen atoms in total. The molecular weight excluding hydrogens is 380 g/mol. The predicted octanol–water partition coefficient (Wildman–Crippen LogP) is 4.99. The maximum absolute atomic E-state index is 12.7. The Labute approximate surface area is 175 Å². The Morgan fingerprint density at radius 3 is 2.17 bits per heavy atom. The van der Waals surface area contributed by atoms with Crippen LogP contribution < -0.4 is 20.1 Å². The zero-order valence-electron chi connectivity index (χ0n) is 17.0. The summed E-state index contributed by atoms with van der Waals surface area (Å²) in [7, 11) is 0. The van der Waals surface area contributed by atoms with E-state index in [1.165, 1.54) is 0 Å². The Kier molecular flexibility index (Phi) is 7.05. The van der Waals surface area contributed by atoms with Gasteiger partial charge in [0.25, 0.3) is 11.8 Å². The highest BCUT2D eigenvalue weighted by Crippen LogP contribution is 2.25. The highest BCUT2D eigenvalue weighted by Gasteiger charge is 2.14. The van der Waals surface area contributed by atoms with Crippen molar-refractivity contribution in [2.75, 3.05) is 23.8 Å². The molecule has 3 rings (SSSR count). The third kappa shape index (κ3) is 5.17. The van der Waals surface area contributed by atoms with Gasteiger partial charge in [0.05, 0.1) is 24.5 Å². The molecule has 0 aliphatic heterocycles. The highest BCUT2D eigenvalue weighted by atomic mass is 16.5. The van der Waals surface area contributed by atoms with E-state index in [0.717, 1.165) is 0 Å².